The molecular weight excluding hydrogens is 520 g/mol. The van der Waals surface area contributed by atoms with Gasteiger partial charge in [0.15, 0.2) is 5.65 Å². The molecule has 38 heavy (non-hydrogen) atoms. The molecule has 0 bridgehead atoms. The van der Waals surface area contributed by atoms with Gasteiger partial charge >= 0.3 is 0 Å². The summed E-state index contributed by atoms with van der Waals surface area (Å²) in [6, 6.07) is 21.5. The zero-order valence-electron chi connectivity index (χ0n) is 21.1. The molecule has 0 aliphatic rings. The third-order valence-electron chi connectivity index (χ3n) is 6.38. The molecule has 2 heterocycles. The first-order valence-corrected chi connectivity index (χ1v) is 15.4. The van der Waals surface area contributed by atoms with E-state index in [1.54, 1.807) is 53.1 Å². The van der Waals surface area contributed by atoms with Gasteiger partial charge in [-0.05, 0) is 49.7 Å². The molecule has 3 aromatic carbocycles. The molecular formula is C28H28N4O4S2. The average molecular weight is 549 g/mol. The Balaban J connectivity index is 1.83. The van der Waals surface area contributed by atoms with Crippen LogP contribution in [-0.4, -0.2) is 31.4 Å². The maximum Gasteiger partial charge on any atom is 0.263 e. The standard InChI is InChI=1S/C28H28N4O4S2/c1-3-4-10-19-32-27-25(29-23-13-8-9-14-24(23)30-27)26(37(33,34)21-11-6-5-7-12-21)28(32)31-38(35,36)22-17-15-20(2)16-18-22/h5-9,11-18,31H,3-4,10,19H2,1-2H3. The van der Waals surface area contributed by atoms with Crippen molar-refractivity contribution < 1.29 is 16.8 Å². The van der Waals surface area contributed by atoms with E-state index in [0.29, 0.717) is 29.6 Å². The Morgan fingerprint density at radius 2 is 1.39 bits per heavy atom. The van der Waals surface area contributed by atoms with Gasteiger partial charge < -0.3 is 4.57 Å². The van der Waals surface area contributed by atoms with Gasteiger partial charge in [-0.15, -0.1) is 0 Å². The number of fused-ring (bicyclic) bond motifs is 2. The summed E-state index contributed by atoms with van der Waals surface area (Å²) in [5.74, 6) is -0.0594. The van der Waals surface area contributed by atoms with Crippen molar-refractivity contribution in [2.45, 2.75) is 54.3 Å². The van der Waals surface area contributed by atoms with Gasteiger partial charge in [0.1, 0.15) is 16.2 Å². The molecule has 0 aliphatic carbocycles. The normalized spacial score (nSPS) is 12.3. The van der Waals surface area contributed by atoms with Gasteiger partial charge in [0.2, 0.25) is 9.84 Å². The lowest BCUT2D eigenvalue weighted by Gasteiger charge is -2.14. The first-order valence-electron chi connectivity index (χ1n) is 12.4. The lowest BCUT2D eigenvalue weighted by Crippen LogP contribution is -2.18. The van der Waals surface area contributed by atoms with Crippen molar-refractivity contribution >= 4 is 47.9 Å². The van der Waals surface area contributed by atoms with E-state index in [0.717, 1.165) is 18.4 Å². The van der Waals surface area contributed by atoms with Crippen LogP contribution in [0.15, 0.2) is 93.5 Å². The summed E-state index contributed by atoms with van der Waals surface area (Å²) < 4.78 is 59.6. The molecule has 196 valence electrons. The molecule has 0 aliphatic heterocycles. The van der Waals surface area contributed by atoms with E-state index in [2.05, 4.69) is 11.6 Å². The van der Waals surface area contributed by atoms with Gasteiger partial charge in [-0.2, -0.15) is 0 Å². The fraction of sp³-hybridized carbons (Fsp3) is 0.214. The number of para-hydroxylation sites is 2. The first kappa shape index (κ1) is 25.9. The minimum atomic E-state index is -4.19. The van der Waals surface area contributed by atoms with Crippen LogP contribution in [0.2, 0.25) is 0 Å². The predicted molar refractivity (Wildman–Crippen MR) is 148 cm³/mol. The van der Waals surface area contributed by atoms with Crippen LogP contribution in [0.3, 0.4) is 0 Å². The second-order valence-corrected chi connectivity index (χ2v) is 12.7. The van der Waals surface area contributed by atoms with Crippen molar-refractivity contribution in [3.05, 3.63) is 84.4 Å². The number of hydrogen-bond acceptors (Lipinski definition) is 6. The summed E-state index contributed by atoms with van der Waals surface area (Å²) in [6.45, 7) is 4.29. The number of nitrogens with zero attached hydrogens (tertiary/aromatic N) is 3. The van der Waals surface area contributed by atoms with Crippen LogP contribution < -0.4 is 4.72 Å². The van der Waals surface area contributed by atoms with E-state index in [9.17, 15) is 16.8 Å². The SMILES string of the molecule is CCCCCn1c(NS(=O)(=O)c2ccc(C)cc2)c(S(=O)(=O)c2ccccc2)c2nc3ccccc3nc21. The summed E-state index contributed by atoms with van der Waals surface area (Å²) in [7, 11) is -8.32. The number of sulfonamides is 1. The largest absolute Gasteiger partial charge is 0.309 e. The third-order valence-corrected chi connectivity index (χ3v) is 9.55. The highest BCUT2D eigenvalue weighted by Crippen LogP contribution is 2.38. The number of nitrogens with one attached hydrogen (secondary N) is 1. The van der Waals surface area contributed by atoms with Gasteiger partial charge in [0, 0.05) is 6.54 Å². The molecule has 10 heteroatoms. The number of hydrogen-bond donors (Lipinski definition) is 1. The Bertz CT molecular complexity index is 1830. The number of unbranched alkanes of at least 4 members (excludes halogenated alkanes) is 2. The van der Waals surface area contributed by atoms with E-state index in [1.807, 2.05) is 13.0 Å². The molecule has 8 nitrogen and oxygen atoms in total. The fourth-order valence-corrected chi connectivity index (χ4v) is 7.09. The number of benzene rings is 3. The second kappa shape index (κ2) is 10.2. The highest BCUT2D eigenvalue weighted by molar-refractivity contribution is 7.93. The summed E-state index contributed by atoms with van der Waals surface area (Å²) in [5.41, 5.74) is 2.46. The molecule has 5 aromatic rings. The number of rotatable bonds is 9. The summed E-state index contributed by atoms with van der Waals surface area (Å²) in [6.07, 6.45) is 2.53. The Labute approximate surface area is 222 Å². The topological polar surface area (TPSA) is 111 Å². The number of sulfone groups is 1. The molecule has 0 spiro atoms. The summed E-state index contributed by atoms with van der Waals surface area (Å²) in [4.78, 5) is 9.32. The van der Waals surface area contributed by atoms with Crippen molar-refractivity contribution in [3.63, 3.8) is 0 Å². The molecule has 5 rings (SSSR count). The van der Waals surface area contributed by atoms with Gasteiger partial charge in [-0.25, -0.2) is 26.8 Å². The quantitative estimate of drug-likeness (QED) is 0.236. The van der Waals surface area contributed by atoms with Crippen LogP contribution in [0.25, 0.3) is 22.2 Å². The van der Waals surface area contributed by atoms with Crippen LogP contribution in [-0.2, 0) is 26.4 Å². The lowest BCUT2D eigenvalue weighted by atomic mass is 10.2. The lowest BCUT2D eigenvalue weighted by molar-refractivity contribution is 0.592. The van der Waals surface area contributed by atoms with Crippen molar-refractivity contribution in [1.29, 1.82) is 0 Å². The molecule has 0 saturated carbocycles. The van der Waals surface area contributed by atoms with Crippen molar-refractivity contribution in [3.8, 4) is 0 Å². The van der Waals surface area contributed by atoms with Gasteiger partial charge in [0.25, 0.3) is 10.0 Å². The average Bonchev–Trinajstić information content (AvgIpc) is 3.20. The number of aromatic nitrogens is 3. The Hall–Kier alpha value is -3.76. The van der Waals surface area contributed by atoms with Crippen LogP contribution in [0.1, 0.15) is 31.7 Å². The second-order valence-electron chi connectivity index (χ2n) is 9.16. The minimum absolute atomic E-state index is 0.0302. The van der Waals surface area contributed by atoms with Gasteiger partial charge in [-0.3, -0.25) is 4.72 Å². The number of aryl methyl sites for hydroxylation is 2. The van der Waals surface area contributed by atoms with E-state index >= 15 is 0 Å². The molecule has 0 unspecified atom stereocenters. The zero-order valence-corrected chi connectivity index (χ0v) is 22.8. The van der Waals surface area contributed by atoms with Crippen molar-refractivity contribution in [2.75, 3.05) is 4.72 Å². The third kappa shape index (κ3) is 4.77. The van der Waals surface area contributed by atoms with E-state index in [1.165, 1.54) is 24.3 Å². The van der Waals surface area contributed by atoms with Crippen LogP contribution >= 0.6 is 0 Å². The van der Waals surface area contributed by atoms with E-state index in [-0.39, 0.29) is 26.0 Å². The maximum atomic E-state index is 14.1. The van der Waals surface area contributed by atoms with Crippen LogP contribution in [0.4, 0.5) is 5.82 Å². The summed E-state index contributed by atoms with van der Waals surface area (Å²) >= 11 is 0. The highest BCUT2D eigenvalue weighted by Gasteiger charge is 2.33. The molecule has 0 atom stereocenters. The number of anilines is 1. The highest BCUT2D eigenvalue weighted by atomic mass is 32.2. The van der Waals surface area contributed by atoms with Crippen LogP contribution in [0.5, 0.6) is 0 Å². The minimum Gasteiger partial charge on any atom is -0.309 e. The molecule has 0 fully saturated rings. The monoisotopic (exact) mass is 548 g/mol. The molecule has 0 radical (unpaired) electrons. The van der Waals surface area contributed by atoms with E-state index < -0.39 is 19.9 Å². The first-order chi connectivity index (χ1) is 18.2. The molecule has 0 amide bonds. The fourth-order valence-electron chi connectivity index (χ4n) is 4.39. The molecule has 2 aromatic heterocycles. The van der Waals surface area contributed by atoms with Crippen molar-refractivity contribution in [1.82, 2.24) is 14.5 Å². The molecule has 1 N–H and O–H groups in total. The smallest absolute Gasteiger partial charge is 0.263 e. The van der Waals surface area contributed by atoms with Gasteiger partial charge in [0.05, 0.1) is 20.8 Å². The Morgan fingerprint density at radius 1 is 0.763 bits per heavy atom. The maximum absolute atomic E-state index is 14.1. The summed E-state index contributed by atoms with van der Waals surface area (Å²) in [5, 5.41) is 0. The predicted octanol–water partition coefficient (Wildman–Crippen LogP) is 5.72. The van der Waals surface area contributed by atoms with Gasteiger partial charge in [-0.1, -0.05) is 67.8 Å². The Kier molecular flexibility index (Phi) is 6.93. The zero-order chi connectivity index (χ0) is 26.9. The molecule has 0 saturated heterocycles. The van der Waals surface area contributed by atoms with Crippen LogP contribution in [0, 0.1) is 6.92 Å². The van der Waals surface area contributed by atoms with Crippen molar-refractivity contribution in [2.24, 2.45) is 0 Å². The van der Waals surface area contributed by atoms with E-state index in [4.69, 9.17) is 9.97 Å². The Morgan fingerprint density at radius 3 is 2.05 bits per heavy atom.